The van der Waals surface area contributed by atoms with Crippen molar-refractivity contribution in [3.8, 4) is 5.75 Å². The van der Waals surface area contributed by atoms with E-state index < -0.39 is 6.09 Å². The van der Waals surface area contributed by atoms with E-state index in [1.807, 2.05) is 30.3 Å². The summed E-state index contributed by atoms with van der Waals surface area (Å²) in [5, 5.41) is 2.59. The third-order valence-corrected chi connectivity index (χ3v) is 3.02. The SMILES string of the molecule is COc1cc(F)cc(C=CCNC(=O)OCc2ccccc2)c1. The predicted octanol–water partition coefficient (Wildman–Crippen LogP) is 3.77. The minimum Gasteiger partial charge on any atom is -0.497 e. The summed E-state index contributed by atoms with van der Waals surface area (Å²) in [5.74, 6) is 0.0686. The van der Waals surface area contributed by atoms with E-state index in [0.29, 0.717) is 11.3 Å². The van der Waals surface area contributed by atoms with Gasteiger partial charge in [-0.05, 0) is 23.3 Å². The lowest BCUT2D eigenvalue weighted by atomic mass is 10.2. The van der Waals surface area contributed by atoms with E-state index in [9.17, 15) is 9.18 Å². The molecule has 0 heterocycles. The van der Waals surface area contributed by atoms with Gasteiger partial charge in [-0.25, -0.2) is 9.18 Å². The summed E-state index contributed by atoms with van der Waals surface area (Å²) in [5.41, 5.74) is 1.58. The first kappa shape index (κ1) is 16.5. The molecule has 23 heavy (non-hydrogen) atoms. The van der Waals surface area contributed by atoms with Gasteiger partial charge in [0, 0.05) is 12.6 Å². The van der Waals surface area contributed by atoms with E-state index in [1.54, 1.807) is 18.2 Å². The number of carbonyl (C=O) groups is 1. The summed E-state index contributed by atoms with van der Waals surface area (Å²) < 4.78 is 23.4. The minimum atomic E-state index is -0.504. The molecule has 2 aromatic carbocycles. The largest absolute Gasteiger partial charge is 0.497 e. The number of amides is 1. The van der Waals surface area contributed by atoms with E-state index in [1.165, 1.54) is 19.2 Å². The Balaban J connectivity index is 1.75. The van der Waals surface area contributed by atoms with Crippen molar-refractivity contribution in [1.29, 1.82) is 0 Å². The van der Waals surface area contributed by atoms with Gasteiger partial charge in [-0.2, -0.15) is 0 Å². The number of rotatable bonds is 6. The second-order valence-electron chi connectivity index (χ2n) is 4.77. The van der Waals surface area contributed by atoms with Crippen LogP contribution in [0.15, 0.2) is 54.6 Å². The molecule has 2 aromatic rings. The van der Waals surface area contributed by atoms with Gasteiger partial charge in [-0.15, -0.1) is 0 Å². The van der Waals surface area contributed by atoms with Gasteiger partial charge >= 0.3 is 6.09 Å². The van der Waals surface area contributed by atoms with E-state index in [2.05, 4.69) is 5.32 Å². The zero-order valence-corrected chi connectivity index (χ0v) is 12.8. The van der Waals surface area contributed by atoms with Crippen molar-refractivity contribution in [2.75, 3.05) is 13.7 Å². The van der Waals surface area contributed by atoms with Crippen LogP contribution in [0.1, 0.15) is 11.1 Å². The van der Waals surface area contributed by atoms with Gasteiger partial charge < -0.3 is 14.8 Å². The number of hydrogen-bond donors (Lipinski definition) is 1. The van der Waals surface area contributed by atoms with Crippen LogP contribution in [-0.4, -0.2) is 19.7 Å². The van der Waals surface area contributed by atoms with E-state index >= 15 is 0 Å². The number of halogens is 1. The zero-order valence-electron chi connectivity index (χ0n) is 12.8. The molecule has 0 saturated carbocycles. The summed E-state index contributed by atoms with van der Waals surface area (Å²) in [7, 11) is 1.48. The third kappa shape index (κ3) is 5.82. The summed E-state index contributed by atoms with van der Waals surface area (Å²) in [6, 6.07) is 13.8. The van der Waals surface area contributed by atoms with Gasteiger partial charge in [-0.3, -0.25) is 0 Å². The number of methoxy groups -OCH3 is 1. The van der Waals surface area contributed by atoms with Crippen LogP contribution in [0.5, 0.6) is 5.75 Å². The molecule has 0 fully saturated rings. The fraction of sp³-hybridized carbons (Fsp3) is 0.167. The van der Waals surface area contributed by atoms with Crippen LogP contribution in [0, 0.1) is 5.82 Å². The first-order valence-electron chi connectivity index (χ1n) is 7.13. The van der Waals surface area contributed by atoms with Gasteiger partial charge in [-0.1, -0.05) is 42.5 Å². The number of nitrogens with one attached hydrogen (secondary N) is 1. The molecule has 0 saturated heterocycles. The Bertz CT molecular complexity index is 671. The van der Waals surface area contributed by atoms with Gasteiger partial charge in [0.15, 0.2) is 0 Å². The van der Waals surface area contributed by atoms with Crippen LogP contribution in [-0.2, 0) is 11.3 Å². The average molecular weight is 315 g/mol. The van der Waals surface area contributed by atoms with E-state index in [0.717, 1.165) is 5.56 Å². The highest BCUT2D eigenvalue weighted by Gasteiger charge is 2.01. The normalized spacial score (nSPS) is 10.5. The topological polar surface area (TPSA) is 47.6 Å². The van der Waals surface area contributed by atoms with E-state index in [-0.39, 0.29) is 19.0 Å². The molecule has 4 nitrogen and oxygen atoms in total. The number of alkyl carbamates (subject to hydrolysis) is 1. The Kier molecular flexibility index (Phi) is 6.17. The Labute approximate surface area is 134 Å². The Morgan fingerprint density at radius 3 is 2.74 bits per heavy atom. The quantitative estimate of drug-likeness (QED) is 0.882. The smallest absolute Gasteiger partial charge is 0.407 e. The third-order valence-electron chi connectivity index (χ3n) is 3.02. The second-order valence-corrected chi connectivity index (χ2v) is 4.77. The highest BCUT2D eigenvalue weighted by Crippen LogP contribution is 2.16. The molecule has 0 bridgehead atoms. The van der Waals surface area contributed by atoms with Crippen molar-refractivity contribution in [3.05, 3.63) is 71.6 Å². The molecule has 0 atom stereocenters. The maximum absolute atomic E-state index is 13.3. The molecule has 0 radical (unpaired) electrons. The number of carbonyl (C=O) groups excluding carboxylic acids is 1. The summed E-state index contributed by atoms with van der Waals surface area (Å²) in [6.45, 7) is 0.504. The maximum atomic E-state index is 13.3. The molecule has 0 unspecified atom stereocenters. The first-order chi connectivity index (χ1) is 11.2. The van der Waals surface area contributed by atoms with Gasteiger partial charge in [0.2, 0.25) is 0 Å². The second kappa shape index (κ2) is 8.58. The highest BCUT2D eigenvalue weighted by molar-refractivity contribution is 5.67. The monoisotopic (exact) mass is 315 g/mol. The van der Waals surface area contributed by atoms with Crippen LogP contribution in [0.4, 0.5) is 9.18 Å². The molecule has 2 rings (SSSR count). The van der Waals surface area contributed by atoms with Crippen LogP contribution in [0.3, 0.4) is 0 Å². The number of benzene rings is 2. The molecule has 120 valence electrons. The molecule has 0 aliphatic carbocycles. The summed E-state index contributed by atoms with van der Waals surface area (Å²) in [6.07, 6.45) is 2.90. The van der Waals surface area contributed by atoms with Crippen molar-refractivity contribution >= 4 is 12.2 Å². The lowest BCUT2D eigenvalue weighted by Crippen LogP contribution is -2.24. The highest BCUT2D eigenvalue weighted by atomic mass is 19.1. The molecule has 1 N–H and O–H groups in total. The Morgan fingerprint density at radius 1 is 1.22 bits per heavy atom. The van der Waals surface area contributed by atoms with Gasteiger partial charge in [0.05, 0.1) is 7.11 Å². The molecule has 0 aliphatic rings. The van der Waals surface area contributed by atoms with Crippen molar-refractivity contribution in [1.82, 2.24) is 5.32 Å². The lowest BCUT2D eigenvalue weighted by molar-refractivity contribution is 0.141. The minimum absolute atomic E-state index is 0.220. The number of hydrogen-bond acceptors (Lipinski definition) is 3. The molecule has 0 spiro atoms. The first-order valence-corrected chi connectivity index (χ1v) is 7.13. The standard InChI is InChI=1S/C18H18FNO3/c1-22-17-11-15(10-16(19)12-17)8-5-9-20-18(21)23-13-14-6-3-2-4-7-14/h2-8,10-12H,9,13H2,1H3,(H,20,21). The average Bonchev–Trinajstić information content (AvgIpc) is 2.57. The Hall–Kier alpha value is -2.82. The van der Waals surface area contributed by atoms with Gasteiger partial charge in [0.25, 0.3) is 0 Å². The van der Waals surface area contributed by atoms with Crippen LogP contribution in [0.25, 0.3) is 6.08 Å². The molecule has 0 aliphatic heterocycles. The summed E-state index contributed by atoms with van der Waals surface area (Å²) in [4.78, 5) is 11.5. The molecule has 1 amide bonds. The van der Waals surface area contributed by atoms with Crippen molar-refractivity contribution in [2.45, 2.75) is 6.61 Å². The fourth-order valence-electron chi connectivity index (χ4n) is 1.91. The fourth-order valence-corrected chi connectivity index (χ4v) is 1.91. The Morgan fingerprint density at radius 2 is 2.00 bits per heavy atom. The van der Waals surface area contributed by atoms with E-state index in [4.69, 9.17) is 9.47 Å². The molecule has 0 aromatic heterocycles. The lowest BCUT2D eigenvalue weighted by Gasteiger charge is -2.05. The number of ether oxygens (including phenoxy) is 2. The molecular formula is C18H18FNO3. The van der Waals surface area contributed by atoms with Crippen molar-refractivity contribution in [3.63, 3.8) is 0 Å². The molecule has 5 heteroatoms. The molecular weight excluding hydrogens is 297 g/mol. The predicted molar refractivity (Wildman–Crippen MR) is 86.6 cm³/mol. The summed E-state index contributed by atoms with van der Waals surface area (Å²) >= 11 is 0. The van der Waals surface area contributed by atoms with Crippen LogP contribution >= 0.6 is 0 Å². The van der Waals surface area contributed by atoms with Crippen LogP contribution < -0.4 is 10.1 Å². The maximum Gasteiger partial charge on any atom is 0.407 e. The van der Waals surface area contributed by atoms with Crippen molar-refractivity contribution < 1.29 is 18.7 Å². The zero-order chi connectivity index (χ0) is 16.5. The van der Waals surface area contributed by atoms with Gasteiger partial charge in [0.1, 0.15) is 18.2 Å². The van der Waals surface area contributed by atoms with Crippen molar-refractivity contribution in [2.24, 2.45) is 0 Å². The van der Waals surface area contributed by atoms with Crippen LogP contribution in [0.2, 0.25) is 0 Å².